The lowest BCUT2D eigenvalue weighted by atomic mass is 9.85. The predicted molar refractivity (Wildman–Crippen MR) is 109 cm³/mol. The molecule has 11 heteroatoms. The molecule has 0 radical (unpaired) electrons. The molecule has 0 spiro atoms. The van der Waals surface area contributed by atoms with E-state index in [0.717, 1.165) is 37.9 Å². The summed E-state index contributed by atoms with van der Waals surface area (Å²) in [5.41, 5.74) is -1.45. The van der Waals surface area contributed by atoms with Crippen LogP contribution in [0.15, 0.2) is 17.3 Å². The highest BCUT2D eigenvalue weighted by Crippen LogP contribution is 2.39. The third-order valence-electron chi connectivity index (χ3n) is 4.95. The summed E-state index contributed by atoms with van der Waals surface area (Å²) >= 11 is 0. The molecule has 2 rings (SSSR count). The van der Waals surface area contributed by atoms with Crippen molar-refractivity contribution in [2.24, 2.45) is 10.4 Å². The molecule has 1 aromatic rings. The van der Waals surface area contributed by atoms with E-state index in [2.05, 4.69) is 30.9 Å². The van der Waals surface area contributed by atoms with Crippen molar-refractivity contribution in [1.82, 2.24) is 25.5 Å². The highest BCUT2D eigenvalue weighted by molar-refractivity contribution is 5.84. The minimum atomic E-state index is -4.51. The molecule has 0 unspecified atom stereocenters. The molecule has 1 aliphatic rings. The van der Waals surface area contributed by atoms with Gasteiger partial charge in [-0.3, -0.25) is 9.79 Å². The van der Waals surface area contributed by atoms with Gasteiger partial charge in [0, 0.05) is 39.9 Å². The Labute approximate surface area is 174 Å². The summed E-state index contributed by atoms with van der Waals surface area (Å²) in [5, 5.41) is 9.01. The molecule has 8 nitrogen and oxygen atoms in total. The van der Waals surface area contributed by atoms with Gasteiger partial charge in [0.25, 0.3) is 0 Å². The molecule has 0 aliphatic heterocycles. The number of halogens is 3. The van der Waals surface area contributed by atoms with Crippen molar-refractivity contribution in [2.45, 2.75) is 38.8 Å². The monoisotopic (exact) mass is 429 g/mol. The van der Waals surface area contributed by atoms with E-state index in [1.54, 1.807) is 19.0 Å². The Hall–Kier alpha value is -2.59. The zero-order chi connectivity index (χ0) is 22.2. The van der Waals surface area contributed by atoms with Crippen LogP contribution < -0.4 is 16.0 Å². The molecule has 1 aromatic heterocycles. The van der Waals surface area contributed by atoms with Crippen LogP contribution in [0, 0.1) is 5.41 Å². The highest BCUT2D eigenvalue weighted by Gasteiger charge is 2.42. The van der Waals surface area contributed by atoms with Crippen LogP contribution in [0.3, 0.4) is 0 Å². The van der Waals surface area contributed by atoms with Crippen molar-refractivity contribution in [3.05, 3.63) is 18.0 Å². The number of aliphatic imine (C=N–C) groups is 1. The molecule has 1 amide bonds. The molecule has 30 heavy (non-hydrogen) atoms. The first-order chi connectivity index (χ1) is 14.2. The largest absolute Gasteiger partial charge is 0.433 e. The van der Waals surface area contributed by atoms with E-state index in [0.29, 0.717) is 32.1 Å². The van der Waals surface area contributed by atoms with Gasteiger partial charge < -0.3 is 20.9 Å². The van der Waals surface area contributed by atoms with E-state index in [1.807, 2.05) is 6.92 Å². The summed E-state index contributed by atoms with van der Waals surface area (Å²) in [5.74, 6) is 0.570. The van der Waals surface area contributed by atoms with Gasteiger partial charge >= 0.3 is 6.18 Å². The van der Waals surface area contributed by atoms with Crippen molar-refractivity contribution >= 4 is 17.8 Å². The zero-order valence-electron chi connectivity index (χ0n) is 17.6. The molecule has 0 bridgehead atoms. The fraction of sp³-hybridized carbons (Fsp3) is 0.684. The van der Waals surface area contributed by atoms with Gasteiger partial charge in [-0.1, -0.05) is 12.8 Å². The number of carbonyl (C=O) groups excluding carboxylic acids is 1. The van der Waals surface area contributed by atoms with Crippen LogP contribution in [0.25, 0.3) is 0 Å². The molecular weight excluding hydrogens is 399 g/mol. The quantitative estimate of drug-likeness (QED) is 0.333. The first-order valence-electron chi connectivity index (χ1n) is 10.1. The Kier molecular flexibility index (Phi) is 8.24. The van der Waals surface area contributed by atoms with Gasteiger partial charge in [-0.15, -0.1) is 0 Å². The normalized spacial score (nSPS) is 16.3. The average Bonchev–Trinajstić information content (AvgIpc) is 3.18. The van der Waals surface area contributed by atoms with E-state index in [-0.39, 0.29) is 11.9 Å². The topological polar surface area (TPSA) is 94.5 Å². The lowest BCUT2D eigenvalue weighted by Crippen LogP contribution is -2.43. The van der Waals surface area contributed by atoms with E-state index < -0.39 is 17.3 Å². The first kappa shape index (κ1) is 23.7. The number of amides is 1. The van der Waals surface area contributed by atoms with Crippen LogP contribution in [-0.4, -0.2) is 67.0 Å². The molecule has 1 fully saturated rings. The molecule has 3 N–H and O–H groups in total. The van der Waals surface area contributed by atoms with Crippen molar-refractivity contribution in [3.8, 4) is 0 Å². The van der Waals surface area contributed by atoms with Crippen LogP contribution in [0.1, 0.15) is 38.3 Å². The number of anilines is 1. The number of nitrogens with zero attached hydrogens (tertiary/aromatic N) is 4. The summed E-state index contributed by atoms with van der Waals surface area (Å²) in [6, 6.07) is 0.827. The van der Waals surface area contributed by atoms with E-state index >= 15 is 0 Å². The number of guanidine groups is 1. The minimum Gasteiger partial charge on any atom is -0.357 e. The molecule has 1 saturated carbocycles. The van der Waals surface area contributed by atoms with Gasteiger partial charge in [-0.25, -0.2) is 9.97 Å². The van der Waals surface area contributed by atoms with Crippen LogP contribution in [-0.2, 0) is 11.0 Å². The maximum atomic E-state index is 12.7. The van der Waals surface area contributed by atoms with Crippen LogP contribution in [0.4, 0.5) is 19.1 Å². The van der Waals surface area contributed by atoms with Gasteiger partial charge in [-0.2, -0.15) is 13.2 Å². The van der Waals surface area contributed by atoms with Crippen LogP contribution in [0.2, 0.25) is 0 Å². The number of aromatic nitrogens is 2. The molecule has 1 aliphatic carbocycles. The zero-order valence-corrected chi connectivity index (χ0v) is 17.6. The standard InChI is InChI=1S/C19H30F3N7O/c1-4-23-16(27-13-18(8-5-6-9-18)15(30)29(2)3)25-11-12-26-17-24-10-7-14(28-17)19(20,21)22/h7,10H,4-6,8-9,11-13H2,1-3H3,(H2,23,25,27)(H,24,26,28). The fourth-order valence-electron chi connectivity index (χ4n) is 3.49. The van der Waals surface area contributed by atoms with Crippen molar-refractivity contribution < 1.29 is 18.0 Å². The molecule has 1 heterocycles. The second-order valence-corrected chi connectivity index (χ2v) is 7.50. The summed E-state index contributed by atoms with van der Waals surface area (Å²) < 4.78 is 38.1. The number of carbonyl (C=O) groups is 1. The summed E-state index contributed by atoms with van der Waals surface area (Å²) in [6.45, 7) is 3.66. The number of alkyl halides is 3. The van der Waals surface area contributed by atoms with Crippen molar-refractivity contribution in [3.63, 3.8) is 0 Å². The average molecular weight is 429 g/mol. The van der Waals surface area contributed by atoms with Gasteiger partial charge in [0.05, 0.1) is 12.0 Å². The SMILES string of the molecule is CCNC(=NCC1(C(=O)N(C)C)CCCC1)NCCNc1nccc(C(F)(F)F)n1. The van der Waals surface area contributed by atoms with E-state index in [4.69, 9.17) is 0 Å². The summed E-state index contributed by atoms with van der Waals surface area (Å²) in [4.78, 5) is 26.2. The second kappa shape index (κ2) is 10.4. The molecule has 0 atom stereocenters. The number of hydrogen-bond donors (Lipinski definition) is 3. The first-order valence-corrected chi connectivity index (χ1v) is 10.1. The highest BCUT2D eigenvalue weighted by atomic mass is 19.4. The second-order valence-electron chi connectivity index (χ2n) is 7.50. The Balaban J connectivity index is 1.92. The summed E-state index contributed by atoms with van der Waals surface area (Å²) in [7, 11) is 3.52. The van der Waals surface area contributed by atoms with Crippen molar-refractivity contribution in [1.29, 1.82) is 0 Å². The Bertz CT molecular complexity index is 731. The third-order valence-corrected chi connectivity index (χ3v) is 4.95. The Morgan fingerprint density at radius 2 is 1.93 bits per heavy atom. The Morgan fingerprint density at radius 3 is 2.53 bits per heavy atom. The smallest absolute Gasteiger partial charge is 0.357 e. The van der Waals surface area contributed by atoms with Gasteiger partial charge in [-0.05, 0) is 25.8 Å². The lowest BCUT2D eigenvalue weighted by molar-refractivity contribution is -0.141. The summed E-state index contributed by atoms with van der Waals surface area (Å²) in [6.07, 6.45) is 0.227. The number of nitrogens with one attached hydrogen (secondary N) is 3. The third kappa shape index (κ3) is 6.46. The van der Waals surface area contributed by atoms with Crippen LogP contribution >= 0.6 is 0 Å². The molecule has 168 valence electrons. The molecule has 0 aromatic carbocycles. The fourth-order valence-corrected chi connectivity index (χ4v) is 3.49. The predicted octanol–water partition coefficient (Wildman–Crippen LogP) is 2.11. The maximum Gasteiger partial charge on any atom is 0.433 e. The van der Waals surface area contributed by atoms with Gasteiger partial charge in [0.15, 0.2) is 5.96 Å². The maximum absolute atomic E-state index is 12.7. The number of hydrogen-bond acceptors (Lipinski definition) is 5. The van der Waals surface area contributed by atoms with Gasteiger partial charge in [0.2, 0.25) is 11.9 Å². The molecular formula is C19H30F3N7O. The Morgan fingerprint density at radius 1 is 1.23 bits per heavy atom. The molecule has 0 saturated heterocycles. The van der Waals surface area contributed by atoms with Crippen molar-refractivity contribution in [2.75, 3.05) is 45.6 Å². The lowest BCUT2D eigenvalue weighted by Gasteiger charge is -2.29. The van der Waals surface area contributed by atoms with Gasteiger partial charge in [0.1, 0.15) is 5.69 Å². The van der Waals surface area contributed by atoms with E-state index in [1.165, 1.54) is 0 Å². The minimum absolute atomic E-state index is 0.0879. The number of rotatable bonds is 8. The van der Waals surface area contributed by atoms with E-state index in [9.17, 15) is 18.0 Å². The van der Waals surface area contributed by atoms with Crippen LogP contribution in [0.5, 0.6) is 0 Å².